The van der Waals surface area contributed by atoms with Crippen LogP contribution in [-0.4, -0.2) is 37.0 Å². The molecule has 1 aliphatic rings. The lowest BCUT2D eigenvalue weighted by molar-refractivity contribution is -0.116. The Morgan fingerprint density at radius 2 is 1.77 bits per heavy atom. The Morgan fingerprint density at radius 1 is 1.00 bits per heavy atom. The largest absolute Gasteiger partial charge is 0.376 e. The lowest BCUT2D eigenvalue weighted by Crippen LogP contribution is -2.32. The van der Waals surface area contributed by atoms with E-state index in [1.165, 1.54) is 0 Å². The number of para-hydroxylation sites is 1. The Bertz CT molecular complexity index is 905. The van der Waals surface area contributed by atoms with Gasteiger partial charge in [-0.3, -0.25) is 14.4 Å². The molecular formula is C24H29N3O4. The van der Waals surface area contributed by atoms with Crippen molar-refractivity contribution in [1.29, 1.82) is 0 Å². The third kappa shape index (κ3) is 6.65. The van der Waals surface area contributed by atoms with Gasteiger partial charge in [-0.25, -0.2) is 0 Å². The first-order chi connectivity index (χ1) is 15.1. The summed E-state index contributed by atoms with van der Waals surface area (Å²) in [6.45, 7) is 3.22. The van der Waals surface area contributed by atoms with Crippen LogP contribution in [0.15, 0.2) is 48.5 Å². The Balaban J connectivity index is 1.59. The SMILES string of the molecule is CCCCC(=O)Nc1ccc(C(=O)Nc2ccccc2C(=O)NCC2CCCO2)cc1. The fourth-order valence-electron chi connectivity index (χ4n) is 3.36. The molecule has 2 aromatic carbocycles. The number of hydrogen-bond donors (Lipinski definition) is 3. The van der Waals surface area contributed by atoms with Gasteiger partial charge >= 0.3 is 0 Å². The van der Waals surface area contributed by atoms with Crippen molar-refractivity contribution in [2.45, 2.75) is 45.1 Å². The summed E-state index contributed by atoms with van der Waals surface area (Å²) < 4.78 is 5.53. The molecule has 3 N–H and O–H groups in total. The molecule has 0 aliphatic carbocycles. The lowest BCUT2D eigenvalue weighted by atomic mass is 10.1. The van der Waals surface area contributed by atoms with Crippen LogP contribution < -0.4 is 16.0 Å². The van der Waals surface area contributed by atoms with Gasteiger partial charge in [0, 0.05) is 30.8 Å². The maximum atomic E-state index is 12.7. The number of anilines is 2. The molecule has 0 spiro atoms. The van der Waals surface area contributed by atoms with E-state index >= 15 is 0 Å². The molecule has 1 unspecified atom stereocenters. The second-order valence-corrected chi connectivity index (χ2v) is 7.57. The van der Waals surface area contributed by atoms with E-state index in [4.69, 9.17) is 4.74 Å². The van der Waals surface area contributed by atoms with Crippen molar-refractivity contribution < 1.29 is 19.1 Å². The topological polar surface area (TPSA) is 96.5 Å². The summed E-state index contributed by atoms with van der Waals surface area (Å²) >= 11 is 0. The van der Waals surface area contributed by atoms with Crippen molar-refractivity contribution in [1.82, 2.24) is 5.32 Å². The number of hydrogen-bond acceptors (Lipinski definition) is 4. The zero-order valence-corrected chi connectivity index (χ0v) is 17.8. The summed E-state index contributed by atoms with van der Waals surface area (Å²) in [5, 5.41) is 8.50. The Morgan fingerprint density at radius 3 is 2.48 bits per heavy atom. The van der Waals surface area contributed by atoms with Gasteiger partial charge in [-0.2, -0.15) is 0 Å². The first-order valence-corrected chi connectivity index (χ1v) is 10.8. The summed E-state index contributed by atoms with van der Waals surface area (Å²) in [5.74, 6) is -0.623. The number of amides is 3. The van der Waals surface area contributed by atoms with E-state index in [1.54, 1.807) is 48.5 Å². The monoisotopic (exact) mass is 423 g/mol. The summed E-state index contributed by atoms with van der Waals surface area (Å²) in [7, 11) is 0. The predicted octanol–water partition coefficient (Wildman–Crippen LogP) is 3.98. The van der Waals surface area contributed by atoms with Crippen LogP contribution in [-0.2, 0) is 9.53 Å². The second-order valence-electron chi connectivity index (χ2n) is 7.57. The molecule has 2 aromatic rings. The van der Waals surface area contributed by atoms with Gasteiger partial charge in [0.15, 0.2) is 0 Å². The van der Waals surface area contributed by atoms with Crippen molar-refractivity contribution in [3.8, 4) is 0 Å². The molecule has 1 aliphatic heterocycles. The predicted molar refractivity (Wildman–Crippen MR) is 120 cm³/mol. The molecular weight excluding hydrogens is 394 g/mol. The van der Waals surface area contributed by atoms with E-state index in [1.807, 2.05) is 6.92 Å². The number of nitrogens with one attached hydrogen (secondary N) is 3. The number of unbranched alkanes of at least 4 members (excludes halogenated alkanes) is 1. The lowest BCUT2D eigenvalue weighted by Gasteiger charge is -2.14. The van der Waals surface area contributed by atoms with Gasteiger partial charge in [0.1, 0.15) is 0 Å². The van der Waals surface area contributed by atoms with Gasteiger partial charge in [-0.1, -0.05) is 25.5 Å². The first kappa shape index (κ1) is 22.5. The van der Waals surface area contributed by atoms with Crippen LogP contribution in [0.25, 0.3) is 0 Å². The maximum absolute atomic E-state index is 12.7. The van der Waals surface area contributed by atoms with Gasteiger partial charge in [0.05, 0.1) is 17.4 Å². The average molecular weight is 424 g/mol. The third-order valence-electron chi connectivity index (χ3n) is 5.12. The highest BCUT2D eigenvalue weighted by molar-refractivity contribution is 6.09. The van der Waals surface area contributed by atoms with Crippen LogP contribution in [0.1, 0.15) is 59.7 Å². The van der Waals surface area contributed by atoms with Crippen LogP contribution in [0, 0.1) is 0 Å². The minimum Gasteiger partial charge on any atom is -0.376 e. The molecule has 1 atom stereocenters. The summed E-state index contributed by atoms with van der Waals surface area (Å²) in [6.07, 6.45) is 4.27. The Labute approximate surface area is 182 Å². The highest BCUT2D eigenvalue weighted by atomic mass is 16.5. The summed E-state index contributed by atoms with van der Waals surface area (Å²) in [5.41, 5.74) is 1.91. The van der Waals surface area contributed by atoms with Crippen LogP contribution in [0.3, 0.4) is 0 Å². The molecule has 7 heteroatoms. The van der Waals surface area contributed by atoms with E-state index in [9.17, 15) is 14.4 Å². The van der Waals surface area contributed by atoms with E-state index in [0.29, 0.717) is 35.5 Å². The second kappa shape index (κ2) is 11.3. The van der Waals surface area contributed by atoms with Crippen LogP contribution in [0.2, 0.25) is 0 Å². The Kier molecular flexibility index (Phi) is 8.18. The third-order valence-corrected chi connectivity index (χ3v) is 5.12. The average Bonchev–Trinajstić information content (AvgIpc) is 3.30. The number of carbonyl (C=O) groups excluding carboxylic acids is 3. The van der Waals surface area contributed by atoms with E-state index in [0.717, 1.165) is 32.3 Å². The van der Waals surface area contributed by atoms with Crippen molar-refractivity contribution in [3.05, 3.63) is 59.7 Å². The van der Waals surface area contributed by atoms with Crippen molar-refractivity contribution in [3.63, 3.8) is 0 Å². The number of rotatable bonds is 9. The maximum Gasteiger partial charge on any atom is 0.255 e. The van der Waals surface area contributed by atoms with Crippen molar-refractivity contribution >= 4 is 29.1 Å². The highest BCUT2D eigenvalue weighted by Gasteiger charge is 2.18. The molecule has 1 saturated heterocycles. The quantitative estimate of drug-likeness (QED) is 0.568. The molecule has 3 rings (SSSR count). The van der Waals surface area contributed by atoms with Gasteiger partial charge in [0.2, 0.25) is 5.91 Å². The normalized spacial score (nSPS) is 15.3. The summed E-state index contributed by atoms with van der Waals surface area (Å²) in [4.78, 5) is 37.1. The van der Waals surface area contributed by atoms with Crippen molar-refractivity contribution in [2.75, 3.05) is 23.8 Å². The van der Waals surface area contributed by atoms with Crippen LogP contribution in [0.5, 0.6) is 0 Å². The number of ether oxygens (including phenoxy) is 1. The summed E-state index contributed by atoms with van der Waals surface area (Å²) in [6, 6.07) is 13.6. The van der Waals surface area contributed by atoms with Crippen molar-refractivity contribution in [2.24, 2.45) is 0 Å². The van der Waals surface area contributed by atoms with Crippen LogP contribution in [0.4, 0.5) is 11.4 Å². The molecule has 0 aromatic heterocycles. The standard InChI is InChI=1S/C24H29N3O4/c1-2-3-10-22(28)26-18-13-11-17(12-14-18)23(29)27-21-9-5-4-8-20(21)24(30)25-16-19-7-6-15-31-19/h4-5,8-9,11-14,19H,2-3,6-7,10,15-16H2,1H3,(H,25,30)(H,26,28)(H,27,29). The number of carbonyl (C=O) groups is 3. The van der Waals surface area contributed by atoms with E-state index in [2.05, 4.69) is 16.0 Å². The fraction of sp³-hybridized carbons (Fsp3) is 0.375. The van der Waals surface area contributed by atoms with Gasteiger partial charge in [0.25, 0.3) is 11.8 Å². The molecule has 0 radical (unpaired) electrons. The van der Waals surface area contributed by atoms with Gasteiger partial charge in [-0.05, 0) is 55.7 Å². The minimum atomic E-state index is -0.330. The van der Waals surface area contributed by atoms with E-state index < -0.39 is 0 Å². The zero-order valence-electron chi connectivity index (χ0n) is 17.8. The Hall–Kier alpha value is -3.19. The fourth-order valence-corrected chi connectivity index (χ4v) is 3.36. The minimum absolute atomic E-state index is 0.0398. The van der Waals surface area contributed by atoms with E-state index in [-0.39, 0.29) is 23.8 Å². The molecule has 7 nitrogen and oxygen atoms in total. The smallest absolute Gasteiger partial charge is 0.255 e. The number of benzene rings is 2. The molecule has 31 heavy (non-hydrogen) atoms. The van der Waals surface area contributed by atoms with Gasteiger partial charge in [-0.15, -0.1) is 0 Å². The zero-order chi connectivity index (χ0) is 22.1. The molecule has 1 fully saturated rings. The van der Waals surface area contributed by atoms with Gasteiger partial charge < -0.3 is 20.7 Å². The molecule has 1 heterocycles. The molecule has 0 bridgehead atoms. The van der Waals surface area contributed by atoms with Crippen LogP contribution >= 0.6 is 0 Å². The highest BCUT2D eigenvalue weighted by Crippen LogP contribution is 2.18. The molecule has 3 amide bonds. The first-order valence-electron chi connectivity index (χ1n) is 10.8. The molecule has 164 valence electrons. The molecule has 0 saturated carbocycles.